The monoisotopic (exact) mass is 381 g/mol. The molecule has 0 atom stereocenters. The van der Waals surface area contributed by atoms with Crippen molar-refractivity contribution in [2.24, 2.45) is 0 Å². The summed E-state index contributed by atoms with van der Waals surface area (Å²) in [5, 5.41) is 9.25. The third kappa shape index (κ3) is 9.25. The Morgan fingerprint density at radius 2 is 1.48 bits per heavy atom. The number of amides is 1. The van der Waals surface area contributed by atoms with Gasteiger partial charge in [0.05, 0.1) is 6.61 Å². The molecule has 27 heavy (non-hydrogen) atoms. The van der Waals surface area contributed by atoms with Crippen LogP contribution in [0.25, 0.3) is 0 Å². The van der Waals surface area contributed by atoms with Crippen molar-refractivity contribution in [3.05, 3.63) is 0 Å². The fourth-order valence-electron chi connectivity index (χ4n) is 2.37. The number of rotatable bonds is 14. The molecule has 0 spiro atoms. The van der Waals surface area contributed by atoms with Crippen molar-refractivity contribution in [3.8, 4) is 0 Å². The lowest BCUT2D eigenvalue weighted by molar-refractivity contribution is 0.152. The van der Waals surface area contributed by atoms with E-state index in [9.17, 15) is 4.79 Å². The molecule has 1 aromatic rings. The topological polar surface area (TPSA) is 104 Å². The molecular formula is C18H35N7O2. The number of aromatic nitrogens is 3. The second-order valence-corrected chi connectivity index (χ2v) is 6.02. The van der Waals surface area contributed by atoms with E-state index in [2.05, 4.69) is 56.6 Å². The fourth-order valence-corrected chi connectivity index (χ4v) is 2.37. The lowest BCUT2D eigenvalue weighted by atomic mass is 10.3. The predicted molar refractivity (Wildman–Crippen MR) is 110 cm³/mol. The summed E-state index contributed by atoms with van der Waals surface area (Å²) in [7, 11) is 0. The molecule has 0 aliphatic heterocycles. The van der Waals surface area contributed by atoms with Crippen LogP contribution in [0.15, 0.2) is 0 Å². The molecule has 0 fully saturated rings. The third-order valence-electron chi connectivity index (χ3n) is 3.91. The van der Waals surface area contributed by atoms with Gasteiger partial charge < -0.3 is 25.6 Å². The zero-order valence-corrected chi connectivity index (χ0v) is 17.2. The van der Waals surface area contributed by atoms with Crippen molar-refractivity contribution in [1.82, 2.24) is 20.3 Å². The minimum Gasteiger partial charge on any atom is -0.450 e. The maximum Gasteiger partial charge on any atom is 0.407 e. The Morgan fingerprint density at radius 1 is 0.889 bits per heavy atom. The van der Waals surface area contributed by atoms with Crippen molar-refractivity contribution in [2.75, 3.05) is 54.9 Å². The summed E-state index contributed by atoms with van der Waals surface area (Å²) in [6, 6.07) is 0. The number of anilines is 3. The molecule has 9 nitrogen and oxygen atoms in total. The van der Waals surface area contributed by atoms with E-state index in [4.69, 9.17) is 4.74 Å². The number of carbonyl (C=O) groups is 1. The van der Waals surface area contributed by atoms with Gasteiger partial charge in [-0.1, -0.05) is 13.3 Å². The summed E-state index contributed by atoms with van der Waals surface area (Å²) < 4.78 is 4.82. The number of carbonyl (C=O) groups excluding carboxylic acids is 1. The number of hydrogen-bond acceptors (Lipinski definition) is 8. The summed E-state index contributed by atoms with van der Waals surface area (Å²) >= 11 is 0. The van der Waals surface area contributed by atoms with Crippen LogP contribution in [0.4, 0.5) is 22.6 Å². The lowest BCUT2D eigenvalue weighted by Crippen LogP contribution is -2.26. The molecule has 1 amide bonds. The Bertz CT molecular complexity index is 538. The van der Waals surface area contributed by atoms with Crippen LogP contribution in [0.2, 0.25) is 0 Å². The molecule has 9 heteroatoms. The highest BCUT2D eigenvalue weighted by molar-refractivity contribution is 5.66. The van der Waals surface area contributed by atoms with E-state index >= 15 is 0 Å². The molecule has 0 aliphatic rings. The molecule has 0 unspecified atom stereocenters. The van der Waals surface area contributed by atoms with Gasteiger partial charge in [-0.05, 0) is 40.0 Å². The Labute approximate surface area is 162 Å². The van der Waals surface area contributed by atoms with E-state index in [1.54, 1.807) is 6.92 Å². The normalized spacial score (nSPS) is 10.4. The van der Waals surface area contributed by atoms with Crippen LogP contribution >= 0.6 is 0 Å². The second kappa shape index (κ2) is 13.8. The Balaban J connectivity index is 2.54. The molecule has 0 saturated heterocycles. The minimum atomic E-state index is -0.366. The SMILES string of the molecule is CCCCNc1nc(NCCCCNC(=O)OCC)nc(N(CC)CC)n1. The minimum absolute atomic E-state index is 0.366. The van der Waals surface area contributed by atoms with Crippen LogP contribution in [0.3, 0.4) is 0 Å². The molecule has 1 aromatic heterocycles. The van der Waals surface area contributed by atoms with E-state index in [-0.39, 0.29) is 6.09 Å². The van der Waals surface area contributed by atoms with Crippen molar-refractivity contribution in [1.29, 1.82) is 0 Å². The van der Waals surface area contributed by atoms with E-state index in [0.717, 1.165) is 51.9 Å². The Hall–Kier alpha value is -2.32. The zero-order valence-electron chi connectivity index (χ0n) is 17.2. The van der Waals surface area contributed by atoms with Crippen LogP contribution in [-0.2, 0) is 4.74 Å². The number of unbranched alkanes of at least 4 members (excludes halogenated alkanes) is 2. The third-order valence-corrected chi connectivity index (χ3v) is 3.91. The van der Waals surface area contributed by atoms with Gasteiger partial charge in [-0.15, -0.1) is 0 Å². The van der Waals surface area contributed by atoms with Gasteiger partial charge in [-0.2, -0.15) is 15.0 Å². The van der Waals surface area contributed by atoms with E-state index in [0.29, 0.717) is 31.0 Å². The molecule has 0 radical (unpaired) electrons. The van der Waals surface area contributed by atoms with Gasteiger partial charge in [0.2, 0.25) is 17.8 Å². The first-order valence-corrected chi connectivity index (χ1v) is 10.0. The molecule has 1 heterocycles. The molecule has 3 N–H and O–H groups in total. The van der Waals surface area contributed by atoms with Gasteiger partial charge in [0.15, 0.2) is 0 Å². The van der Waals surface area contributed by atoms with Gasteiger partial charge in [0, 0.05) is 32.7 Å². The number of nitrogens with zero attached hydrogens (tertiary/aromatic N) is 4. The van der Waals surface area contributed by atoms with Crippen LogP contribution < -0.4 is 20.9 Å². The highest BCUT2D eigenvalue weighted by atomic mass is 16.5. The molecule has 0 aliphatic carbocycles. The number of nitrogens with one attached hydrogen (secondary N) is 3. The second-order valence-electron chi connectivity index (χ2n) is 6.02. The van der Waals surface area contributed by atoms with Gasteiger partial charge in [-0.25, -0.2) is 4.79 Å². The number of hydrogen-bond donors (Lipinski definition) is 3. The lowest BCUT2D eigenvalue weighted by Gasteiger charge is -2.20. The number of alkyl carbamates (subject to hydrolysis) is 1. The highest BCUT2D eigenvalue weighted by Gasteiger charge is 2.11. The van der Waals surface area contributed by atoms with Gasteiger partial charge in [0.25, 0.3) is 0 Å². The van der Waals surface area contributed by atoms with Crippen LogP contribution in [0.5, 0.6) is 0 Å². The number of ether oxygens (including phenoxy) is 1. The first kappa shape index (κ1) is 22.7. The summed E-state index contributed by atoms with van der Waals surface area (Å²) in [6.45, 7) is 12.3. The van der Waals surface area contributed by atoms with Crippen molar-refractivity contribution in [3.63, 3.8) is 0 Å². The first-order valence-electron chi connectivity index (χ1n) is 10.0. The highest BCUT2D eigenvalue weighted by Crippen LogP contribution is 2.13. The Kier molecular flexibility index (Phi) is 11.6. The van der Waals surface area contributed by atoms with E-state index < -0.39 is 0 Å². The van der Waals surface area contributed by atoms with Gasteiger partial charge in [-0.3, -0.25) is 0 Å². The van der Waals surface area contributed by atoms with Crippen LogP contribution in [0.1, 0.15) is 53.4 Å². The Morgan fingerprint density at radius 3 is 2.04 bits per heavy atom. The molecule has 0 saturated carbocycles. The summed E-state index contributed by atoms with van der Waals surface area (Å²) in [5.74, 6) is 1.86. The molecular weight excluding hydrogens is 346 g/mol. The quantitative estimate of drug-likeness (QED) is 0.423. The molecule has 0 bridgehead atoms. The van der Waals surface area contributed by atoms with E-state index in [1.165, 1.54) is 0 Å². The van der Waals surface area contributed by atoms with Crippen LogP contribution in [-0.4, -0.2) is 60.4 Å². The van der Waals surface area contributed by atoms with Crippen molar-refractivity contribution >= 4 is 23.9 Å². The predicted octanol–water partition coefficient (Wildman–Crippen LogP) is 2.87. The standard InChI is InChI=1S/C18H35N7O2/c1-5-9-12-19-15-22-16(24-17(23-15)25(6-2)7-3)20-13-10-11-14-21-18(26)27-8-4/h5-14H2,1-4H3,(H,21,26)(H2,19,20,22,23,24). The summed E-state index contributed by atoms with van der Waals surface area (Å²) in [5.41, 5.74) is 0. The summed E-state index contributed by atoms with van der Waals surface area (Å²) in [4.78, 5) is 26.8. The zero-order chi connectivity index (χ0) is 19.9. The van der Waals surface area contributed by atoms with Gasteiger partial charge >= 0.3 is 6.09 Å². The molecule has 1 rings (SSSR count). The maximum atomic E-state index is 11.2. The first-order chi connectivity index (χ1) is 13.1. The largest absolute Gasteiger partial charge is 0.450 e. The van der Waals surface area contributed by atoms with E-state index in [1.807, 2.05) is 0 Å². The van der Waals surface area contributed by atoms with Gasteiger partial charge in [0.1, 0.15) is 0 Å². The summed E-state index contributed by atoms with van der Waals surface area (Å²) in [6.07, 6.45) is 3.56. The smallest absolute Gasteiger partial charge is 0.407 e. The average Bonchev–Trinajstić information content (AvgIpc) is 2.66. The molecule has 154 valence electrons. The average molecular weight is 382 g/mol. The fraction of sp³-hybridized carbons (Fsp3) is 0.778. The maximum absolute atomic E-state index is 11.2. The van der Waals surface area contributed by atoms with Crippen molar-refractivity contribution < 1.29 is 9.53 Å². The van der Waals surface area contributed by atoms with Crippen LogP contribution in [0, 0.1) is 0 Å². The van der Waals surface area contributed by atoms with Crippen molar-refractivity contribution in [2.45, 2.75) is 53.4 Å². The molecule has 0 aromatic carbocycles.